The Kier molecular flexibility index (Phi) is 4.80. The fourth-order valence-electron chi connectivity index (χ4n) is 2.14. The van der Waals surface area contributed by atoms with E-state index in [2.05, 4.69) is 9.82 Å². The standard InChI is InChI=1S/C15H21N3O2S/c1-4-13-6-8-15(9-7-13)21(19,20)17-11-14-10-16-18(5-2)12(14)3/h6-10,17H,4-5,11H2,1-3H3. The molecular formula is C15H21N3O2S. The summed E-state index contributed by atoms with van der Waals surface area (Å²) in [6.07, 6.45) is 2.60. The van der Waals surface area contributed by atoms with E-state index in [0.29, 0.717) is 4.90 Å². The van der Waals surface area contributed by atoms with E-state index in [-0.39, 0.29) is 6.54 Å². The molecule has 0 atom stereocenters. The first kappa shape index (κ1) is 15.7. The Morgan fingerprint density at radius 1 is 1.19 bits per heavy atom. The van der Waals surface area contributed by atoms with E-state index in [1.54, 1.807) is 18.3 Å². The lowest BCUT2D eigenvalue weighted by molar-refractivity contribution is 0.581. The highest BCUT2D eigenvalue weighted by Gasteiger charge is 2.15. The lowest BCUT2D eigenvalue weighted by Gasteiger charge is -2.07. The minimum Gasteiger partial charge on any atom is -0.270 e. The maximum Gasteiger partial charge on any atom is 0.240 e. The molecule has 5 nitrogen and oxygen atoms in total. The number of aromatic nitrogens is 2. The van der Waals surface area contributed by atoms with Crippen LogP contribution in [-0.4, -0.2) is 18.2 Å². The van der Waals surface area contributed by atoms with Crippen molar-refractivity contribution < 1.29 is 8.42 Å². The SMILES string of the molecule is CCc1ccc(S(=O)(=O)NCc2cnn(CC)c2C)cc1. The molecule has 0 aliphatic heterocycles. The van der Waals surface area contributed by atoms with Crippen LogP contribution in [0.15, 0.2) is 35.4 Å². The number of benzene rings is 1. The third-order valence-corrected chi connectivity index (χ3v) is 5.02. The predicted octanol–water partition coefficient (Wildman–Crippen LogP) is 2.25. The first-order chi connectivity index (χ1) is 9.97. The van der Waals surface area contributed by atoms with Gasteiger partial charge in [-0.15, -0.1) is 0 Å². The van der Waals surface area contributed by atoms with Gasteiger partial charge in [0.1, 0.15) is 0 Å². The van der Waals surface area contributed by atoms with Crippen LogP contribution in [0, 0.1) is 6.92 Å². The summed E-state index contributed by atoms with van der Waals surface area (Å²) in [4.78, 5) is 0.292. The fraction of sp³-hybridized carbons (Fsp3) is 0.400. The first-order valence-electron chi connectivity index (χ1n) is 7.07. The molecule has 0 bridgehead atoms. The molecule has 1 heterocycles. The average molecular weight is 307 g/mol. The van der Waals surface area contributed by atoms with Crippen LogP contribution in [0.5, 0.6) is 0 Å². The van der Waals surface area contributed by atoms with Gasteiger partial charge in [0, 0.05) is 24.3 Å². The minimum atomic E-state index is -3.48. The number of nitrogens with zero attached hydrogens (tertiary/aromatic N) is 2. The maximum absolute atomic E-state index is 12.3. The van der Waals surface area contributed by atoms with Gasteiger partial charge in [0.15, 0.2) is 0 Å². The first-order valence-corrected chi connectivity index (χ1v) is 8.56. The van der Waals surface area contributed by atoms with Crippen molar-refractivity contribution >= 4 is 10.0 Å². The molecule has 6 heteroatoms. The second-order valence-electron chi connectivity index (χ2n) is 4.89. The molecule has 0 aliphatic carbocycles. The maximum atomic E-state index is 12.3. The summed E-state index contributed by atoms with van der Waals surface area (Å²) in [6.45, 7) is 7.01. The normalized spacial score (nSPS) is 11.8. The Morgan fingerprint density at radius 2 is 1.86 bits per heavy atom. The molecule has 0 amide bonds. The number of sulfonamides is 1. The summed E-state index contributed by atoms with van der Waals surface area (Å²) in [6, 6.07) is 6.97. The topological polar surface area (TPSA) is 64.0 Å². The molecule has 2 rings (SSSR count). The Morgan fingerprint density at radius 3 is 2.38 bits per heavy atom. The van der Waals surface area contributed by atoms with Gasteiger partial charge in [0.05, 0.1) is 11.1 Å². The van der Waals surface area contributed by atoms with Gasteiger partial charge in [-0.25, -0.2) is 13.1 Å². The molecule has 114 valence electrons. The van der Waals surface area contributed by atoms with Crippen molar-refractivity contribution in [1.29, 1.82) is 0 Å². The van der Waals surface area contributed by atoms with Crippen LogP contribution in [-0.2, 0) is 29.5 Å². The minimum absolute atomic E-state index is 0.254. The van der Waals surface area contributed by atoms with Crippen molar-refractivity contribution in [2.24, 2.45) is 0 Å². The molecule has 0 unspecified atom stereocenters. The average Bonchev–Trinajstić information content (AvgIpc) is 2.85. The summed E-state index contributed by atoms with van der Waals surface area (Å²) in [5.41, 5.74) is 3.00. The van der Waals surface area contributed by atoms with Gasteiger partial charge in [-0.2, -0.15) is 5.10 Å². The third-order valence-electron chi connectivity index (χ3n) is 3.60. The van der Waals surface area contributed by atoms with E-state index in [0.717, 1.165) is 29.8 Å². The monoisotopic (exact) mass is 307 g/mol. The fourth-order valence-corrected chi connectivity index (χ4v) is 3.14. The Labute approximate surface area is 126 Å². The molecule has 0 fully saturated rings. The number of hydrogen-bond acceptors (Lipinski definition) is 3. The Balaban J connectivity index is 2.11. The molecule has 0 saturated heterocycles. The predicted molar refractivity (Wildman–Crippen MR) is 82.5 cm³/mol. The number of aryl methyl sites for hydroxylation is 2. The third kappa shape index (κ3) is 3.51. The van der Waals surface area contributed by atoms with Crippen molar-refractivity contribution in [3.63, 3.8) is 0 Å². The highest BCUT2D eigenvalue weighted by molar-refractivity contribution is 7.89. The van der Waals surface area contributed by atoms with Crippen molar-refractivity contribution in [3.8, 4) is 0 Å². The zero-order valence-corrected chi connectivity index (χ0v) is 13.4. The van der Waals surface area contributed by atoms with Crippen molar-refractivity contribution in [3.05, 3.63) is 47.3 Å². The second kappa shape index (κ2) is 6.41. The van der Waals surface area contributed by atoms with E-state index in [1.807, 2.05) is 37.6 Å². The zero-order valence-electron chi connectivity index (χ0n) is 12.6. The van der Waals surface area contributed by atoms with E-state index in [1.165, 1.54) is 0 Å². The van der Waals surface area contributed by atoms with Gasteiger partial charge < -0.3 is 0 Å². The number of nitrogens with one attached hydrogen (secondary N) is 1. The van der Waals surface area contributed by atoms with E-state index in [9.17, 15) is 8.42 Å². The molecule has 0 radical (unpaired) electrons. The number of hydrogen-bond donors (Lipinski definition) is 1. The molecule has 1 aromatic heterocycles. The van der Waals surface area contributed by atoms with Crippen LogP contribution in [0.2, 0.25) is 0 Å². The molecule has 0 saturated carbocycles. The highest BCUT2D eigenvalue weighted by Crippen LogP contribution is 2.13. The van der Waals surface area contributed by atoms with Gasteiger partial charge in [0.2, 0.25) is 10.0 Å². The summed E-state index contributed by atoms with van der Waals surface area (Å²) in [7, 11) is -3.48. The summed E-state index contributed by atoms with van der Waals surface area (Å²) >= 11 is 0. The lowest BCUT2D eigenvalue weighted by Crippen LogP contribution is -2.23. The van der Waals surface area contributed by atoms with E-state index in [4.69, 9.17) is 0 Å². The molecule has 1 aromatic carbocycles. The highest BCUT2D eigenvalue weighted by atomic mass is 32.2. The van der Waals surface area contributed by atoms with E-state index < -0.39 is 10.0 Å². The van der Waals surface area contributed by atoms with Crippen LogP contribution in [0.3, 0.4) is 0 Å². The van der Waals surface area contributed by atoms with Crippen LogP contribution < -0.4 is 4.72 Å². The van der Waals surface area contributed by atoms with Crippen molar-refractivity contribution in [2.45, 2.75) is 45.2 Å². The molecular weight excluding hydrogens is 286 g/mol. The summed E-state index contributed by atoms with van der Waals surface area (Å²) < 4.78 is 29.0. The molecule has 0 aliphatic rings. The van der Waals surface area contributed by atoms with E-state index >= 15 is 0 Å². The van der Waals surface area contributed by atoms with Gasteiger partial charge in [-0.3, -0.25) is 4.68 Å². The van der Waals surface area contributed by atoms with Gasteiger partial charge in [-0.05, 0) is 38.0 Å². The molecule has 21 heavy (non-hydrogen) atoms. The van der Waals surface area contributed by atoms with Crippen LogP contribution in [0.4, 0.5) is 0 Å². The summed E-state index contributed by atoms with van der Waals surface area (Å²) in [5, 5.41) is 4.21. The molecule has 0 spiro atoms. The van der Waals surface area contributed by atoms with Gasteiger partial charge >= 0.3 is 0 Å². The molecule has 1 N–H and O–H groups in total. The van der Waals surface area contributed by atoms with Crippen LogP contribution in [0.1, 0.15) is 30.7 Å². The smallest absolute Gasteiger partial charge is 0.240 e. The van der Waals surface area contributed by atoms with Crippen molar-refractivity contribution in [2.75, 3.05) is 0 Å². The largest absolute Gasteiger partial charge is 0.270 e. The Bertz CT molecular complexity index is 703. The molecule has 2 aromatic rings. The van der Waals surface area contributed by atoms with Gasteiger partial charge in [-0.1, -0.05) is 19.1 Å². The van der Waals surface area contributed by atoms with Gasteiger partial charge in [0.25, 0.3) is 0 Å². The quantitative estimate of drug-likeness (QED) is 0.890. The van der Waals surface area contributed by atoms with Crippen LogP contribution >= 0.6 is 0 Å². The van der Waals surface area contributed by atoms with Crippen molar-refractivity contribution in [1.82, 2.24) is 14.5 Å². The van der Waals surface area contributed by atoms with Crippen LogP contribution in [0.25, 0.3) is 0 Å². The zero-order chi connectivity index (χ0) is 15.5. The summed E-state index contributed by atoms with van der Waals surface area (Å²) in [5.74, 6) is 0. The second-order valence-corrected chi connectivity index (χ2v) is 6.66. The lowest BCUT2D eigenvalue weighted by atomic mass is 10.2. The number of rotatable bonds is 6. The Hall–Kier alpha value is -1.66.